The average Bonchev–Trinajstić information content (AvgIpc) is 2.50. The van der Waals surface area contributed by atoms with Crippen LogP contribution < -0.4 is 10.6 Å². The number of hydrogen-bond acceptors (Lipinski definition) is 3. The summed E-state index contributed by atoms with van der Waals surface area (Å²) in [4.78, 5) is 11.8. The summed E-state index contributed by atoms with van der Waals surface area (Å²) >= 11 is 10.9. The molecule has 0 unspecified atom stereocenters. The number of benzene rings is 2. The Morgan fingerprint density at radius 3 is 2.61 bits per heavy atom. The smallest absolute Gasteiger partial charge is 0.250 e. The van der Waals surface area contributed by atoms with Crippen molar-refractivity contribution in [2.75, 3.05) is 5.32 Å². The number of aromatic hydroxyl groups is 1. The highest BCUT2D eigenvalue weighted by molar-refractivity contribution is 7.80. The van der Waals surface area contributed by atoms with Gasteiger partial charge in [0, 0.05) is 11.1 Å². The molecule has 0 bridgehead atoms. The fourth-order valence-electron chi connectivity index (χ4n) is 1.80. The van der Waals surface area contributed by atoms with Crippen LogP contribution in [0.3, 0.4) is 0 Å². The van der Waals surface area contributed by atoms with Gasteiger partial charge in [-0.3, -0.25) is 10.1 Å². The van der Waals surface area contributed by atoms with E-state index in [1.807, 2.05) is 6.92 Å². The minimum absolute atomic E-state index is 0.0592. The van der Waals surface area contributed by atoms with Gasteiger partial charge in [-0.1, -0.05) is 29.8 Å². The second-order valence-corrected chi connectivity index (χ2v) is 5.69. The maximum atomic E-state index is 11.8. The first-order valence-electron chi connectivity index (χ1n) is 6.79. The zero-order chi connectivity index (χ0) is 16.8. The van der Waals surface area contributed by atoms with Crippen LogP contribution in [0.5, 0.6) is 5.75 Å². The summed E-state index contributed by atoms with van der Waals surface area (Å²) in [6.07, 6.45) is 3.02. The molecule has 0 aliphatic rings. The van der Waals surface area contributed by atoms with Crippen molar-refractivity contribution < 1.29 is 9.90 Å². The van der Waals surface area contributed by atoms with Crippen LogP contribution in [-0.2, 0) is 4.79 Å². The van der Waals surface area contributed by atoms with Crippen molar-refractivity contribution in [1.82, 2.24) is 5.32 Å². The summed E-state index contributed by atoms with van der Waals surface area (Å²) in [6.45, 7) is 1.89. The summed E-state index contributed by atoms with van der Waals surface area (Å²) < 4.78 is 0. The number of phenolic OH excluding ortho intramolecular Hbond substituents is 1. The molecule has 2 aromatic rings. The van der Waals surface area contributed by atoms with Crippen molar-refractivity contribution >= 4 is 46.6 Å². The molecule has 2 aromatic carbocycles. The van der Waals surface area contributed by atoms with Crippen molar-refractivity contribution in [2.24, 2.45) is 0 Å². The number of carbonyl (C=O) groups excluding carboxylic acids is 1. The molecule has 0 saturated carbocycles. The molecule has 3 N–H and O–H groups in total. The van der Waals surface area contributed by atoms with E-state index >= 15 is 0 Å². The van der Waals surface area contributed by atoms with E-state index in [1.54, 1.807) is 48.5 Å². The number of aryl methyl sites for hydroxylation is 1. The molecule has 0 heterocycles. The van der Waals surface area contributed by atoms with Crippen LogP contribution in [0.1, 0.15) is 11.1 Å². The van der Waals surface area contributed by atoms with E-state index in [0.29, 0.717) is 10.7 Å². The Balaban J connectivity index is 1.93. The van der Waals surface area contributed by atoms with E-state index in [4.69, 9.17) is 23.8 Å². The monoisotopic (exact) mass is 346 g/mol. The van der Waals surface area contributed by atoms with Gasteiger partial charge in [-0.15, -0.1) is 0 Å². The summed E-state index contributed by atoms with van der Waals surface area (Å²) in [5.41, 5.74) is 2.25. The number of anilines is 1. The minimum atomic E-state index is -0.371. The van der Waals surface area contributed by atoms with Gasteiger partial charge in [-0.05, 0) is 60.6 Å². The van der Waals surface area contributed by atoms with Crippen molar-refractivity contribution in [3.8, 4) is 5.75 Å². The van der Waals surface area contributed by atoms with Gasteiger partial charge in [0.1, 0.15) is 5.75 Å². The predicted octanol–water partition coefficient (Wildman–Crippen LogP) is 3.88. The lowest BCUT2D eigenvalue weighted by atomic mass is 10.2. The standard InChI is InChI=1S/C17H15ClN2O2S/c1-11-2-8-15(21)14(10-11)19-17(23)20-16(22)9-5-12-3-6-13(18)7-4-12/h2-10,21H,1H3,(H2,19,20,22,23)/b9-5+. The Hall–Kier alpha value is -2.37. The molecular formula is C17H15ClN2O2S. The lowest BCUT2D eigenvalue weighted by Gasteiger charge is -2.10. The molecule has 0 atom stereocenters. The molecular weight excluding hydrogens is 332 g/mol. The zero-order valence-electron chi connectivity index (χ0n) is 12.3. The number of nitrogens with one attached hydrogen (secondary N) is 2. The highest BCUT2D eigenvalue weighted by Gasteiger charge is 2.05. The predicted molar refractivity (Wildman–Crippen MR) is 97.7 cm³/mol. The van der Waals surface area contributed by atoms with Crippen molar-refractivity contribution in [2.45, 2.75) is 6.92 Å². The fraction of sp³-hybridized carbons (Fsp3) is 0.0588. The third-order valence-electron chi connectivity index (χ3n) is 2.93. The van der Waals surface area contributed by atoms with Gasteiger partial charge in [-0.2, -0.15) is 0 Å². The molecule has 2 rings (SSSR count). The molecule has 118 valence electrons. The quantitative estimate of drug-likeness (QED) is 0.448. The average molecular weight is 347 g/mol. The lowest BCUT2D eigenvalue weighted by molar-refractivity contribution is -0.115. The number of thiocarbonyl (C=S) groups is 1. The Morgan fingerprint density at radius 2 is 1.91 bits per heavy atom. The molecule has 1 amide bonds. The van der Waals surface area contributed by atoms with E-state index in [0.717, 1.165) is 11.1 Å². The topological polar surface area (TPSA) is 61.4 Å². The highest BCUT2D eigenvalue weighted by Crippen LogP contribution is 2.23. The molecule has 4 nitrogen and oxygen atoms in total. The number of rotatable bonds is 3. The first-order chi connectivity index (χ1) is 10.9. The van der Waals surface area contributed by atoms with Crippen LogP contribution in [0.25, 0.3) is 6.08 Å². The van der Waals surface area contributed by atoms with Gasteiger partial charge >= 0.3 is 0 Å². The first-order valence-corrected chi connectivity index (χ1v) is 7.58. The van der Waals surface area contributed by atoms with Crippen LogP contribution >= 0.6 is 23.8 Å². The Morgan fingerprint density at radius 1 is 1.22 bits per heavy atom. The van der Waals surface area contributed by atoms with Gasteiger partial charge < -0.3 is 10.4 Å². The second-order valence-electron chi connectivity index (χ2n) is 4.85. The van der Waals surface area contributed by atoms with Crippen molar-refractivity contribution in [3.05, 3.63) is 64.7 Å². The van der Waals surface area contributed by atoms with Crippen LogP contribution in [0.15, 0.2) is 48.5 Å². The van der Waals surface area contributed by atoms with E-state index in [9.17, 15) is 9.90 Å². The van der Waals surface area contributed by atoms with E-state index in [2.05, 4.69) is 10.6 Å². The van der Waals surface area contributed by atoms with E-state index in [1.165, 1.54) is 6.08 Å². The first kappa shape index (κ1) is 17.0. The molecule has 0 aliphatic heterocycles. The van der Waals surface area contributed by atoms with Gasteiger partial charge in [0.15, 0.2) is 5.11 Å². The molecule has 0 fully saturated rings. The number of carbonyl (C=O) groups is 1. The third kappa shape index (κ3) is 5.39. The normalized spacial score (nSPS) is 10.5. The van der Waals surface area contributed by atoms with Gasteiger partial charge in [0.25, 0.3) is 0 Å². The second kappa shape index (κ2) is 7.76. The number of halogens is 1. The lowest BCUT2D eigenvalue weighted by Crippen LogP contribution is -2.32. The largest absolute Gasteiger partial charge is 0.506 e. The Kier molecular flexibility index (Phi) is 5.73. The Labute approximate surface area is 144 Å². The molecule has 0 radical (unpaired) electrons. The minimum Gasteiger partial charge on any atom is -0.506 e. The van der Waals surface area contributed by atoms with Gasteiger partial charge in [0.2, 0.25) is 5.91 Å². The van der Waals surface area contributed by atoms with Crippen molar-refractivity contribution in [1.29, 1.82) is 0 Å². The maximum Gasteiger partial charge on any atom is 0.250 e. The Bertz CT molecular complexity index is 758. The third-order valence-corrected chi connectivity index (χ3v) is 3.39. The molecule has 23 heavy (non-hydrogen) atoms. The van der Waals surface area contributed by atoms with Crippen LogP contribution in [0, 0.1) is 6.92 Å². The van der Waals surface area contributed by atoms with Gasteiger partial charge in [-0.25, -0.2) is 0 Å². The summed E-state index contributed by atoms with van der Waals surface area (Å²) in [6, 6.07) is 12.1. The van der Waals surface area contributed by atoms with Gasteiger partial charge in [0.05, 0.1) is 5.69 Å². The zero-order valence-corrected chi connectivity index (χ0v) is 13.9. The van der Waals surface area contributed by atoms with E-state index < -0.39 is 0 Å². The van der Waals surface area contributed by atoms with Crippen LogP contribution in [-0.4, -0.2) is 16.1 Å². The molecule has 0 aliphatic carbocycles. The van der Waals surface area contributed by atoms with Crippen LogP contribution in [0.2, 0.25) is 5.02 Å². The van der Waals surface area contributed by atoms with Crippen LogP contribution in [0.4, 0.5) is 5.69 Å². The molecule has 0 aromatic heterocycles. The summed E-state index contributed by atoms with van der Waals surface area (Å²) in [7, 11) is 0. The highest BCUT2D eigenvalue weighted by atomic mass is 35.5. The fourth-order valence-corrected chi connectivity index (χ4v) is 2.14. The molecule has 0 saturated heterocycles. The number of hydrogen-bond donors (Lipinski definition) is 3. The van der Waals surface area contributed by atoms with Crippen molar-refractivity contribution in [3.63, 3.8) is 0 Å². The number of amides is 1. The molecule has 0 spiro atoms. The SMILES string of the molecule is Cc1ccc(O)c(NC(=S)NC(=O)/C=C/c2ccc(Cl)cc2)c1. The summed E-state index contributed by atoms with van der Waals surface area (Å²) in [5.74, 6) is -0.312. The molecule has 6 heteroatoms. The summed E-state index contributed by atoms with van der Waals surface area (Å²) in [5, 5.41) is 15.8. The van der Waals surface area contributed by atoms with E-state index in [-0.39, 0.29) is 16.8 Å². The maximum absolute atomic E-state index is 11.8. The number of phenols is 1.